The highest BCUT2D eigenvalue weighted by molar-refractivity contribution is 5.95. The van der Waals surface area contributed by atoms with Crippen LogP contribution >= 0.6 is 0 Å². The molecule has 3 rings (SSSR count). The van der Waals surface area contributed by atoms with E-state index in [0.29, 0.717) is 24.2 Å². The molecule has 0 aliphatic rings. The normalized spacial score (nSPS) is 10.8. The standard InChI is InChI=1S/C21H22N4O3/c1-3-7-19-23-20(18(26)4-2)24-25(19)13-14-10-11-17(22-12-14)15-8-5-6-9-16(15)21(27)28/h5-6,8-12H,3-4,7,13H2,1-2H3,(H,27,28). The Bertz CT molecular complexity index is 993. The summed E-state index contributed by atoms with van der Waals surface area (Å²) in [5.74, 6) is -0.0261. The van der Waals surface area contributed by atoms with E-state index in [0.717, 1.165) is 24.2 Å². The second-order valence-electron chi connectivity index (χ2n) is 6.44. The molecule has 1 aromatic carbocycles. The van der Waals surface area contributed by atoms with Crippen LogP contribution < -0.4 is 0 Å². The lowest BCUT2D eigenvalue weighted by atomic mass is 10.0. The molecule has 0 unspecified atom stereocenters. The third-order valence-corrected chi connectivity index (χ3v) is 4.38. The van der Waals surface area contributed by atoms with Gasteiger partial charge in [0.05, 0.1) is 17.8 Å². The molecule has 0 radical (unpaired) electrons. The van der Waals surface area contributed by atoms with E-state index >= 15 is 0 Å². The zero-order chi connectivity index (χ0) is 20.1. The maximum Gasteiger partial charge on any atom is 0.336 e. The molecule has 3 aromatic rings. The molecule has 0 aliphatic heterocycles. The maximum absolute atomic E-state index is 11.9. The highest BCUT2D eigenvalue weighted by Crippen LogP contribution is 2.22. The highest BCUT2D eigenvalue weighted by Gasteiger charge is 2.15. The van der Waals surface area contributed by atoms with Crippen LogP contribution in [-0.2, 0) is 13.0 Å². The number of hydrogen-bond donors (Lipinski definition) is 1. The Balaban J connectivity index is 1.86. The van der Waals surface area contributed by atoms with Crippen LogP contribution in [0, 0.1) is 0 Å². The third-order valence-electron chi connectivity index (χ3n) is 4.38. The molecule has 144 valence electrons. The number of aromatic carboxylic acids is 1. The Kier molecular flexibility index (Phi) is 5.93. The van der Waals surface area contributed by atoms with Gasteiger partial charge in [-0.15, -0.1) is 5.10 Å². The molecular weight excluding hydrogens is 356 g/mol. The Morgan fingerprint density at radius 3 is 2.54 bits per heavy atom. The van der Waals surface area contributed by atoms with Crippen molar-refractivity contribution in [1.82, 2.24) is 19.7 Å². The SMILES string of the molecule is CCCc1nc(C(=O)CC)nn1Cc1ccc(-c2ccccc2C(=O)O)nc1. The van der Waals surface area contributed by atoms with Gasteiger partial charge < -0.3 is 5.11 Å². The summed E-state index contributed by atoms with van der Waals surface area (Å²) in [6.45, 7) is 4.30. The van der Waals surface area contributed by atoms with Gasteiger partial charge in [0.15, 0.2) is 0 Å². The van der Waals surface area contributed by atoms with Gasteiger partial charge in [-0.25, -0.2) is 14.5 Å². The molecule has 1 N–H and O–H groups in total. The molecule has 7 nitrogen and oxygen atoms in total. The predicted octanol–water partition coefficient (Wildman–Crippen LogP) is 3.63. The van der Waals surface area contributed by atoms with E-state index in [4.69, 9.17) is 0 Å². The molecule has 0 fully saturated rings. The second-order valence-corrected chi connectivity index (χ2v) is 6.44. The number of aromatic nitrogens is 4. The highest BCUT2D eigenvalue weighted by atomic mass is 16.4. The molecule has 0 spiro atoms. The van der Waals surface area contributed by atoms with Crippen LogP contribution in [0.3, 0.4) is 0 Å². The Morgan fingerprint density at radius 1 is 1.11 bits per heavy atom. The molecule has 0 bridgehead atoms. The summed E-state index contributed by atoms with van der Waals surface area (Å²) in [7, 11) is 0. The van der Waals surface area contributed by atoms with E-state index in [2.05, 4.69) is 22.0 Å². The van der Waals surface area contributed by atoms with E-state index in [9.17, 15) is 14.7 Å². The second kappa shape index (κ2) is 8.56. The molecule has 2 aromatic heterocycles. The Hall–Kier alpha value is -3.35. The number of carbonyl (C=O) groups excluding carboxylic acids is 1. The first kappa shape index (κ1) is 19.4. The molecule has 28 heavy (non-hydrogen) atoms. The number of Topliss-reactive ketones (excluding diaryl/α,β-unsaturated/α-hetero) is 1. The molecule has 0 saturated carbocycles. The monoisotopic (exact) mass is 378 g/mol. The summed E-state index contributed by atoms with van der Waals surface area (Å²) in [4.78, 5) is 32.1. The molecule has 2 heterocycles. The number of rotatable bonds is 8. The van der Waals surface area contributed by atoms with Gasteiger partial charge in [0.25, 0.3) is 0 Å². The zero-order valence-corrected chi connectivity index (χ0v) is 15.9. The average Bonchev–Trinajstić information content (AvgIpc) is 3.10. The van der Waals surface area contributed by atoms with Crippen LogP contribution in [0.5, 0.6) is 0 Å². The lowest BCUT2D eigenvalue weighted by Gasteiger charge is -2.08. The lowest BCUT2D eigenvalue weighted by molar-refractivity contribution is 0.0697. The van der Waals surface area contributed by atoms with Crippen LogP contribution in [0.4, 0.5) is 0 Å². The van der Waals surface area contributed by atoms with Gasteiger partial charge in [0.1, 0.15) is 5.82 Å². The Labute approximate surface area is 163 Å². The first-order valence-corrected chi connectivity index (χ1v) is 9.28. The largest absolute Gasteiger partial charge is 0.478 e. The van der Waals surface area contributed by atoms with E-state index in [1.54, 1.807) is 48.1 Å². The van der Waals surface area contributed by atoms with Gasteiger partial charge >= 0.3 is 5.97 Å². The number of hydrogen-bond acceptors (Lipinski definition) is 5. The predicted molar refractivity (Wildman–Crippen MR) is 104 cm³/mol. The lowest BCUT2D eigenvalue weighted by Crippen LogP contribution is -2.08. The number of carboxylic acids is 1. The van der Waals surface area contributed by atoms with Gasteiger partial charge in [0.2, 0.25) is 11.6 Å². The van der Waals surface area contributed by atoms with Crippen LogP contribution in [0.25, 0.3) is 11.3 Å². The van der Waals surface area contributed by atoms with Crippen LogP contribution in [0.1, 0.15) is 59.1 Å². The van der Waals surface area contributed by atoms with Crippen LogP contribution in [0.2, 0.25) is 0 Å². The zero-order valence-electron chi connectivity index (χ0n) is 15.9. The number of ketones is 1. The number of carboxylic acid groups (broad SMARTS) is 1. The van der Waals surface area contributed by atoms with Crippen molar-refractivity contribution in [2.75, 3.05) is 0 Å². The van der Waals surface area contributed by atoms with Gasteiger partial charge in [-0.2, -0.15) is 0 Å². The fourth-order valence-electron chi connectivity index (χ4n) is 2.93. The Morgan fingerprint density at radius 2 is 1.89 bits per heavy atom. The minimum atomic E-state index is -0.985. The van der Waals surface area contributed by atoms with Crippen molar-refractivity contribution in [3.8, 4) is 11.3 Å². The summed E-state index contributed by atoms with van der Waals surface area (Å²) < 4.78 is 1.74. The summed E-state index contributed by atoms with van der Waals surface area (Å²) in [6, 6.07) is 10.5. The summed E-state index contributed by atoms with van der Waals surface area (Å²) in [5.41, 5.74) is 2.28. The average molecular weight is 378 g/mol. The van der Waals surface area contributed by atoms with Crippen LogP contribution in [0.15, 0.2) is 42.6 Å². The molecular formula is C21H22N4O3. The van der Waals surface area contributed by atoms with Gasteiger partial charge in [-0.3, -0.25) is 9.78 Å². The minimum Gasteiger partial charge on any atom is -0.478 e. The van der Waals surface area contributed by atoms with E-state index in [-0.39, 0.29) is 17.2 Å². The fourth-order valence-corrected chi connectivity index (χ4v) is 2.93. The van der Waals surface area contributed by atoms with Crippen molar-refractivity contribution in [3.05, 3.63) is 65.4 Å². The van der Waals surface area contributed by atoms with Gasteiger partial charge in [-0.05, 0) is 24.1 Å². The molecule has 7 heteroatoms. The smallest absolute Gasteiger partial charge is 0.336 e. The number of aryl methyl sites for hydroxylation is 1. The third kappa shape index (κ3) is 4.14. The van der Waals surface area contributed by atoms with Crippen LogP contribution in [-0.4, -0.2) is 36.6 Å². The number of carbonyl (C=O) groups is 2. The van der Waals surface area contributed by atoms with E-state index < -0.39 is 5.97 Å². The number of nitrogens with zero attached hydrogens (tertiary/aromatic N) is 4. The van der Waals surface area contributed by atoms with Gasteiger partial charge in [0, 0.05) is 24.6 Å². The molecule has 0 aliphatic carbocycles. The van der Waals surface area contributed by atoms with Crippen molar-refractivity contribution in [1.29, 1.82) is 0 Å². The quantitative estimate of drug-likeness (QED) is 0.601. The first-order valence-electron chi connectivity index (χ1n) is 9.28. The summed E-state index contributed by atoms with van der Waals surface area (Å²) in [5, 5.41) is 13.7. The van der Waals surface area contributed by atoms with Crippen molar-refractivity contribution in [2.45, 2.75) is 39.7 Å². The van der Waals surface area contributed by atoms with Crippen molar-refractivity contribution >= 4 is 11.8 Å². The van der Waals surface area contributed by atoms with Crippen molar-refractivity contribution < 1.29 is 14.7 Å². The van der Waals surface area contributed by atoms with E-state index in [1.807, 2.05) is 6.07 Å². The summed E-state index contributed by atoms with van der Waals surface area (Å²) >= 11 is 0. The van der Waals surface area contributed by atoms with Gasteiger partial charge in [-0.1, -0.05) is 38.1 Å². The maximum atomic E-state index is 11.9. The number of pyridine rings is 1. The minimum absolute atomic E-state index is 0.0742. The molecule has 0 atom stereocenters. The first-order chi connectivity index (χ1) is 13.5. The van der Waals surface area contributed by atoms with E-state index in [1.165, 1.54) is 0 Å². The summed E-state index contributed by atoms with van der Waals surface area (Å²) in [6.07, 6.45) is 3.71. The molecule has 0 saturated heterocycles. The van der Waals surface area contributed by atoms with Crippen molar-refractivity contribution in [3.63, 3.8) is 0 Å². The number of benzene rings is 1. The molecule has 0 amide bonds. The topological polar surface area (TPSA) is 98.0 Å². The van der Waals surface area contributed by atoms with Crippen molar-refractivity contribution in [2.24, 2.45) is 0 Å². The fraction of sp³-hybridized carbons (Fsp3) is 0.286.